The van der Waals surface area contributed by atoms with Crippen molar-refractivity contribution in [3.63, 3.8) is 0 Å². The molecule has 0 aliphatic heterocycles. The molecule has 0 saturated heterocycles. The molecular weight excluding hydrogens is 204 g/mol. The van der Waals surface area contributed by atoms with E-state index >= 15 is 0 Å². The first-order valence-electron chi connectivity index (χ1n) is 5.66. The lowest BCUT2D eigenvalue weighted by Crippen LogP contribution is -2.42. The Morgan fingerprint density at radius 2 is 2.00 bits per heavy atom. The van der Waals surface area contributed by atoms with Gasteiger partial charge in [0.25, 0.3) is 0 Å². The summed E-state index contributed by atoms with van der Waals surface area (Å²) in [6.07, 6.45) is 2.49. The van der Waals surface area contributed by atoms with Crippen molar-refractivity contribution >= 4 is 5.97 Å². The van der Waals surface area contributed by atoms with Crippen LogP contribution in [0.25, 0.3) is 0 Å². The minimum absolute atomic E-state index is 0.628. The SMILES string of the molecule is CCOc1ccc(C2(C(=O)O)CCC2)cc1. The Morgan fingerprint density at radius 3 is 2.38 bits per heavy atom. The van der Waals surface area contributed by atoms with E-state index in [4.69, 9.17) is 4.74 Å². The Hall–Kier alpha value is -1.51. The fourth-order valence-corrected chi connectivity index (χ4v) is 2.19. The molecule has 0 bridgehead atoms. The molecule has 3 heteroatoms. The number of benzene rings is 1. The average Bonchev–Trinajstić information content (AvgIpc) is 2.18. The van der Waals surface area contributed by atoms with Crippen LogP contribution < -0.4 is 4.74 Å². The van der Waals surface area contributed by atoms with Crippen molar-refractivity contribution < 1.29 is 14.6 Å². The predicted molar refractivity (Wildman–Crippen MR) is 60.8 cm³/mol. The highest BCUT2D eigenvalue weighted by Crippen LogP contribution is 2.44. The van der Waals surface area contributed by atoms with E-state index in [2.05, 4.69) is 0 Å². The lowest BCUT2D eigenvalue weighted by atomic mass is 9.64. The molecule has 0 atom stereocenters. The molecule has 0 heterocycles. The molecule has 1 aliphatic carbocycles. The molecule has 1 aromatic carbocycles. The van der Waals surface area contributed by atoms with Gasteiger partial charge in [0.05, 0.1) is 12.0 Å². The molecule has 1 saturated carbocycles. The smallest absolute Gasteiger partial charge is 0.314 e. The molecule has 3 nitrogen and oxygen atoms in total. The maximum atomic E-state index is 11.3. The molecule has 86 valence electrons. The number of hydrogen-bond donors (Lipinski definition) is 1. The van der Waals surface area contributed by atoms with Crippen LogP contribution in [0.1, 0.15) is 31.7 Å². The summed E-state index contributed by atoms with van der Waals surface area (Å²) < 4.78 is 5.34. The Bertz CT molecular complexity index is 377. The molecule has 0 spiro atoms. The summed E-state index contributed by atoms with van der Waals surface area (Å²) in [6.45, 7) is 2.56. The number of carboxylic acid groups (broad SMARTS) is 1. The fourth-order valence-electron chi connectivity index (χ4n) is 2.19. The summed E-state index contributed by atoms with van der Waals surface area (Å²) in [6, 6.07) is 7.44. The number of carbonyl (C=O) groups is 1. The van der Waals surface area contributed by atoms with Crippen molar-refractivity contribution in [1.82, 2.24) is 0 Å². The number of carboxylic acids is 1. The van der Waals surface area contributed by atoms with Crippen LogP contribution in [-0.2, 0) is 10.2 Å². The van der Waals surface area contributed by atoms with Crippen LogP contribution in [0.5, 0.6) is 5.75 Å². The van der Waals surface area contributed by atoms with Crippen molar-refractivity contribution in [2.45, 2.75) is 31.6 Å². The van der Waals surface area contributed by atoms with Gasteiger partial charge in [0.15, 0.2) is 0 Å². The summed E-state index contributed by atoms with van der Waals surface area (Å²) in [5.74, 6) is 0.0917. The second kappa shape index (κ2) is 4.16. The molecule has 1 aromatic rings. The lowest BCUT2D eigenvalue weighted by Gasteiger charge is -2.38. The van der Waals surface area contributed by atoms with Gasteiger partial charge >= 0.3 is 5.97 Å². The summed E-state index contributed by atoms with van der Waals surface area (Å²) in [5.41, 5.74) is 0.264. The van der Waals surface area contributed by atoms with E-state index in [0.29, 0.717) is 6.61 Å². The van der Waals surface area contributed by atoms with Crippen LogP contribution in [-0.4, -0.2) is 17.7 Å². The van der Waals surface area contributed by atoms with Gasteiger partial charge in [0, 0.05) is 0 Å². The van der Waals surface area contributed by atoms with Crippen LogP contribution in [0.15, 0.2) is 24.3 Å². The van der Waals surface area contributed by atoms with Gasteiger partial charge in [-0.25, -0.2) is 0 Å². The summed E-state index contributed by atoms with van der Waals surface area (Å²) in [7, 11) is 0. The first-order valence-corrected chi connectivity index (χ1v) is 5.66. The Morgan fingerprint density at radius 1 is 1.38 bits per heavy atom. The zero-order valence-corrected chi connectivity index (χ0v) is 9.40. The van der Waals surface area contributed by atoms with Gasteiger partial charge in [-0.1, -0.05) is 18.6 Å². The maximum Gasteiger partial charge on any atom is 0.314 e. The van der Waals surface area contributed by atoms with Gasteiger partial charge in [0.2, 0.25) is 0 Å². The molecule has 1 aliphatic rings. The third kappa shape index (κ3) is 1.66. The van der Waals surface area contributed by atoms with Crippen LogP contribution in [0, 0.1) is 0 Å². The summed E-state index contributed by atoms with van der Waals surface area (Å²) in [4.78, 5) is 11.3. The monoisotopic (exact) mass is 220 g/mol. The lowest BCUT2D eigenvalue weighted by molar-refractivity contribution is -0.147. The van der Waals surface area contributed by atoms with Gasteiger partial charge in [-0.3, -0.25) is 4.79 Å². The van der Waals surface area contributed by atoms with Crippen molar-refractivity contribution in [2.24, 2.45) is 0 Å². The molecule has 2 rings (SSSR count). The van der Waals surface area contributed by atoms with Gasteiger partial charge in [-0.15, -0.1) is 0 Å². The van der Waals surface area contributed by atoms with Gasteiger partial charge in [-0.05, 0) is 37.5 Å². The quantitative estimate of drug-likeness (QED) is 0.848. The first-order chi connectivity index (χ1) is 7.69. The molecular formula is C13H16O3. The van der Waals surface area contributed by atoms with Crippen LogP contribution >= 0.6 is 0 Å². The van der Waals surface area contributed by atoms with E-state index in [0.717, 1.165) is 30.6 Å². The third-order valence-electron chi connectivity index (χ3n) is 3.33. The number of hydrogen-bond acceptors (Lipinski definition) is 2. The minimum Gasteiger partial charge on any atom is -0.494 e. The average molecular weight is 220 g/mol. The van der Waals surface area contributed by atoms with E-state index in [1.165, 1.54) is 0 Å². The molecule has 16 heavy (non-hydrogen) atoms. The predicted octanol–water partition coefficient (Wildman–Crippen LogP) is 2.59. The molecule has 1 fully saturated rings. The molecule has 0 amide bonds. The maximum absolute atomic E-state index is 11.3. The molecule has 1 N–H and O–H groups in total. The second-order valence-electron chi connectivity index (χ2n) is 4.20. The zero-order chi connectivity index (χ0) is 11.6. The number of aliphatic carboxylic acids is 1. The van der Waals surface area contributed by atoms with Gasteiger partial charge in [-0.2, -0.15) is 0 Å². The highest BCUT2D eigenvalue weighted by molar-refractivity contribution is 5.82. The number of rotatable bonds is 4. The topological polar surface area (TPSA) is 46.5 Å². The normalized spacial score (nSPS) is 17.6. The van der Waals surface area contributed by atoms with Crippen LogP contribution in [0.2, 0.25) is 0 Å². The largest absolute Gasteiger partial charge is 0.494 e. The first kappa shape index (κ1) is 11.0. The second-order valence-corrected chi connectivity index (χ2v) is 4.20. The van der Waals surface area contributed by atoms with Gasteiger partial charge < -0.3 is 9.84 Å². The number of ether oxygens (including phenoxy) is 1. The fraction of sp³-hybridized carbons (Fsp3) is 0.462. The van der Waals surface area contributed by atoms with Gasteiger partial charge in [0.1, 0.15) is 5.75 Å². The van der Waals surface area contributed by atoms with Crippen molar-refractivity contribution in [1.29, 1.82) is 0 Å². The third-order valence-corrected chi connectivity index (χ3v) is 3.33. The molecule has 0 radical (unpaired) electrons. The van der Waals surface area contributed by atoms with E-state index in [1.807, 2.05) is 31.2 Å². The van der Waals surface area contributed by atoms with Crippen molar-refractivity contribution in [2.75, 3.05) is 6.61 Å². The molecule has 0 aromatic heterocycles. The van der Waals surface area contributed by atoms with E-state index in [-0.39, 0.29) is 0 Å². The Balaban J connectivity index is 2.23. The van der Waals surface area contributed by atoms with Crippen molar-refractivity contribution in [3.8, 4) is 5.75 Å². The zero-order valence-electron chi connectivity index (χ0n) is 9.40. The van der Waals surface area contributed by atoms with E-state index in [9.17, 15) is 9.90 Å². The Labute approximate surface area is 95.0 Å². The highest BCUT2D eigenvalue weighted by Gasteiger charge is 2.45. The summed E-state index contributed by atoms with van der Waals surface area (Å²) in [5, 5.41) is 9.28. The highest BCUT2D eigenvalue weighted by atomic mass is 16.5. The van der Waals surface area contributed by atoms with E-state index in [1.54, 1.807) is 0 Å². The van der Waals surface area contributed by atoms with Crippen LogP contribution in [0.4, 0.5) is 0 Å². The van der Waals surface area contributed by atoms with Crippen molar-refractivity contribution in [3.05, 3.63) is 29.8 Å². The minimum atomic E-state index is -0.706. The summed E-state index contributed by atoms with van der Waals surface area (Å²) >= 11 is 0. The molecule has 0 unspecified atom stereocenters. The standard InChI is InChI=1S/C13H16O3/c1-2-16-11-6-4-10(5-7-11)13(12(14)15)8-3-9-13/h4-7H,2-3,8-9H2,1H3,(H,14,15). The van der Waals surface area contributed by atoms with Crippen LogP contribution in [0.3, 0.4) is 0 Å². The Kier molecular flexibility index (Phi) is 2.86. The van der Waals surface area contributed by atoms with E-state index < -0.39 is 11.4 Å².